The van der Waals surface area contributed by atoms with Crippen LogP contribution < -0.4 is 5.32 Å². The van der Waals surface area contributed by atoms with Gasteiger partial charge in [-0.2, -0.15) is 0 Å². The first-order valence-electron chi connectivity index (χ1n) is 8.47. The first kappa shape index (κ1) is 18.2. The summed E-state index contributed by atoms with van der Waals surface area (Å²) >= 11 is 5.94. The third kappa shape index (κ3) is 3.94. The molecule has 0 saturated carbocycles. The fraction of sp³-hybridized carbons (Fsp3) is 0.182. The third-order valence-electron chi connectivity index (χ3n) is 4.51. The lowest BCUT2D eigenvalue weighted by Crippen LogP contribution is -2.34. The summed E-state index contributed by atoms with van der Waals surface area (Å²) in [6.45, 7) is 5.77. The molecule has 0 aliphatic rings. The minimum atomic E-state index is -0.661. The van der Waals surface area contributed by atoms with Crippen LogP contribution in [0.1, 0.15) is 25.1 Å². The molecule has 0 atom stereocenters. The van der Waals surface area contributed by atoms with Crippen molar-refractivity contribution in [2.24, 2.45) is 0 Å². The average molecular weight is 365 g/mol. The standard InChI is InChI=1S/C22H21ClN2O/c1-15-14-17(12-13-24-15)16-4-10-20(11-5-16)25-21(26)22(2,3)18-6-8-19(23)9-7-18/h4-14H,1-3H3,(H,25,26). The second kappa shape index (κ2) is 7.30. The molecule has 0 unspecified atom stereocenters. The summed E-state index contributed by atoms with van der Waals surface area (Å²) in [5.41, 5.74) is 4.20. The molecule has 26 heavy (non-hydrogen) atoms. The SMILES string of the molecule is Cc1cc(-c2ccc(NC(=O)C(C)(C)c3ccc(Cl)cc3)cc2)ccn1. The highest BCUT2D eigenvalue weighted by atomic mass is 35.5. The fourth-order valence-corrected chi connectivity index (χ4v) is 2.88. The zero-order valence-corrected chi connectivity index (χ0v) is 15.8. The van der Waals surface area contributed by atoms with Crippen LogP contribution in [0.25, 0.3) is 11.1 Å². The maximum atomic E-state index is 12.8. The molecule has 0 bridgehead atoms. The minimum absolute atomic E-state index is 0.0627. The number of aryl methyl sites for hydroxylation is 1. The van der Waals surface area contributed by atoms with E-state index in [1.807, 2.05) is 69.3 Å². The van der Waals surface area contributed by atoms with Crippen LogP contribution >= 0.6 is 11.6 Å². The van der Waals surface area contributed by atoms with Crippen LogP contribution in [0.2, 0.25) is 5.02 Å². The molecular weight excluding hydrogens is 344 g/mol. The van der Waals surface area contributed by atoms with Crippen molar-refractivity contribution in [3.8, 4) is 11.1 Å². The summed E-state index contributed by atoms with van der Waals surface area (Å²) < 4.78 is 0. The normalized spacial score (nSPS) is 11.2. The summed E-state index contributed by atoms with van der Waals surface area (Å²) in [7, 11) is 0. The molecule has 1 amide bonds. The third-order valence-corrected chi connectivity index (χ3v) is 4.76. The number of nitrogens with zero attached hydrogens (tertiary/aromatic N) is 1. The van der Waals surface area contributed by atoms with Crippen molar-refractivity contribution < 1.29 is 4.79 Å². The van der Waals surface area contributed by atoms with Gasteiger partial charge in [-0.05, 0) is 73.9 Å². The molecule has 2 aromatic carbocycles. The van der Waals surface area contributed by atoms with E-state index in [0.29, 0.717) is 5.02 Å². The van der Waals surface area contributed by atoms with Gasteiger partial charge in [0, 0.05) is 22.6 Å². The Balaban J connectivity index is 1.76. The van der Waals surface area contributed by atoms with Crippen molar-refractivity contribution in [2.45, 2.75) is 26.2 Å². The van der Waals surface area contributed by atoms with Gasteiger partial charge in [-0.25, -0.2) is 0 Å². The highest BCUT2D eigenvalue weighted by molar-refractivity contribution is 6.30. The zero-order valence-electron chi connectivity index (χ0n) is 15.1. The predicted octanol–water partition coefficient (Wildman–Crippen LogP) is 5.63. The van der Waals surface area contributed by atoms with Crippen molar-refractivity contribution in [1.29, 1.82) is 0 Å². The van der Waals surface area contributed by atoms with E-state index >= 15 is 0 Å². The van der Waals surface area contributed by atoms with Crippen molar-refractivity contribution in [3.63, 3.8) is 0 Å². The molecule has 3 nitrogen and oxygen atoms in total. The number of hydrogen-bond acceptors (Lipinski definition) is 2. The number of carbonyl (C=O) groups excluding carboxylic acids is 1. The fourth-order valence-electron chi connectivity index (χ4n) is 2.76. The molecule has 1 N–H and O–H groups in total. The van der Waals surface area contributed by atoms with Gasteiger partial charge in [0.15, 0.2) is 0 Å². The Morgan fingerprint density at radius 1 is 0.962 bits per heavy atom. The maximum absolute atomic E-state index is 12.8. The quantitative estimate of drug-likeness (QED) is 0.652. The lowest BCUT2D eigenvalue weighted by atomic mass is 9.83. The lowest BCUT2D eigenvalue weighted by molar-refractivity contribution is -0.120. The summed E-state index contributed by atoms with van der Waals surface area (Å²) in [4.78, 5) is 17.0. The summed E-state index contributed by atoms with van der Waals surface area (Å²) in [5.74, 6) is -0.0627. The Morgan fingerprint density at radius 2 is 1.62 bits per heavy atom. The highest BCUT2D eigenvalue weighted by Gasteiger charge is 2.29. The lowest BCUT2D eigenvalue weighted by Gasteiger charge is -2.24. The number of hydrogen-bond donors (Lipinski definition) is 1. The summed E-state index contributed by atoms with van der Waals surface area (Å²) in [6, 6.07) is 19.2. The molecule has 0 saturated heterocycles. The monoisotopic (exact) mass is 364 g/mol. The molecule has 3 rings (SSSR count). The van der Waals surface area contributed by atoms with Crippen LogP contribution in [-0.2, 0) is 10.2 Å². The van der Waals surface area contributed by atoms with Crippen LogP contribution in [-0.4, -0.2) is 10.9 Å². The van der Waals surface area contributed by atoms with Crippen molar-refractivity contribution in [1.82, 2.24) is 4.98 Å². The highest BCUT2D eigenvalue weighted by Crippen LogP contribution is 2.27. The molecule has 0 fully saturated rings. The van der Waals surface area contributed by atoms with Crippen LogP contribution in [0.5, 0.6) is 0 Å². The molecule has 132 valence electrons. The summed E-state index contributed by atoms with van der Waals surface area (Å²) in [6.07, 6.45) is 1.80. The Morgan fingerprint density at radius 3 is 2.23 bits per heavy atom. The van der Waals surface area contributed by atoms with Gasteiger partial charge < -0.3 is 5.32 Å². The number of pyridine rings is 1. The van der Waals surface area contributed by atoms with E-state index < -0.39 is 5.41 Å². The largest absolute Gasteiger partial charge is 0.325 e. The Labute approximate surface area is 159 Å². The molecule has 1 heterocycles. The molecule has 3 aromatic rings. The molecular formula is C22H21ClN2O. The maximum Gasteiger partial charge on any atom is 0.234 e. The molecule has 4 heteroatoms. The second-order valence-electron chi connectivity index (χ2n) is 6.85. The van der Waals surface area contributed by atoms with Gasteiger partial charge in [0.05, 0.1) is 5.41 Å². The Hall–Kier alpha value is -2.65. The number of nitrogens with one attached hydrogen (secondary N) is 1. The van der Waals surface area contributed by atoms with Crippen molar-refractivity contribution in [2.75, 3.05) is 5.32 Å². The van der Waals surface area contributed by atoms with Crippen molar-refractivity contribution >= 4 is 23.2 Å². The number of benzene rings is 2. The van der Waals surface area contributed by atoms with Crippen molar-refractivity contribution in [3.05, 3.63) is 83.1 Å². The van der Waals surface area contributed by atoms with Gasteiger partial charge in [0.2, 0.25) is 5.91 Å². The minimum Gasteiger partial charge on any atom is -0.325 e. The molecule has 0 aliphatic heterocycles. The smallest absolute Gasteiger partial charge is 0.234 e. The van der Waals surface area contributed by atoms with Gasteiger partial charge in [-0.3, -0.25) is 9.78 Å². The van der Waals surface area contributed by atoms with E-state index in [2.05, 4.69) is 10.3 Å². The van der Waals surface area contributed by atoms with Crippen LogP contribution in [0.4, 0.5) is 5.69 Å². The number of amides is 1. The Bertz CT molecular complexity index is 916. The van der Waals surface area contributed by atoms with E-state index in [1.165, 1.54) is 0 Å². The number of halogens is 1. The van der Waals surface area contributed by atoms with E-state index in [0.717, 1.165) is 28.1 Å². The van der Waals surface area contributed by atoms with Gasteiger partial charge in [0.1, 0.15) is 0 Å². The number of rotatable bonds is 4. The number of aromatic nitrogens is 1. The van der Waals surface area contributed by atoms with E-state index in [9.17, 15) is 4.79 Å². The zero-order chi connectivity index (χ0) is 18.7. The predicted molar refractivity (Wildman–Crippen MR) is 108 cm³/mol. The van der Waals surface area contributed by atoms with E-state index in [-0.39, 0.29) is 5.91 Å². The Kier molecular flexibility index (Phi) is 5.10. The van der Waals surface area contributed by atoms with Gasteiger partial charge >= 0.3 is 0 Å². The number of carbonyl (C=O) groups is 1. The van der Waals surface area contributed by atoms with Gasteiger partial charge in [-0.15, -0.1) is 0 Å². The summed E-state index contributed by atoms with van der Waals surface area (Å²) in [5, 5.41) is 3.66. The van der Waals surface area contributed by atoms with E-state index in [4.69, 9.17) is 11.6 Å². The van der Waals surface area contributed by atoms with Gasteiger partial charge in [0.25, 0.3) is 0 Å². The first-order valence-corrected chi connectivity index (χ1v) is 8.84. The first-order chi connectivity index (χ1) is 12.4. The van der Waals surface area contributed by atoms with Crippen LogP contribution in [0.15, 0.2) is 66.9 Å². The molecule has 0 spiro atoms. The van der Waals surface area contributed by atoms with Crippen LogP contribution in [0.3, 0.4) is 0 Å². The van der Waals surface area contributed by atoms with Crippen LogP contribution in [0, 0.1) is 6.92 Å². The topological polar surface area (TPSA) is 42.0 Å². The van der Waals surface area contributed by atoms with E-state index in [1.54, 1.807) is 18.3 Å². The van der Waals surface area contributed by atoms with Gasteiger partial charge in [-0.1, -0.05) is 35.9 Å². The average Bonchev–Trinajstić information content (AvgIpc) is 2.62. The molecule has 1 aromatic heterocycles. The number of anilines is 1. The molecule has 0 radical (unpaired) electrons. The second-order valence-corrected chi connectivity index (χ2v) is 7.29. The molecule has 0 aliphatic carbocycles.